The van der Waals surface area contributed by atoms with E-state index in [4.69, 9.17) is 4.52 Å². The van der Waals surface area contributed by atoms with E-state index in [-0.39, 0.29) is 11.9 Å². The number of aryl methyl sites for hydroxylation is 4. The van der Waals surface area contributed by atoms with Crippen molar-refractivity contribution in [3.05, 3.63) is 34.7 Å². The van der Waals surface area contributed by atoms with E-state index >= 15 is 0 Å². The van der Waals surface area contributed by atoms with Crippen LogP contribution < -0.4 is 5.32 Å². The second kappa shape index (κ2) is 5.94. The smallest absolute Gasteiger partial charge is 0.220 e. The van der Waals surface area contributed by atoms with Crippen LogP contribution in [0.25, 0.3) is 0 Å². The topological polar surface area (TPSA) is 73.0 Å². The fourth-order valence-corrected chi connectivity index (χ4v) is 3.10. The molecule has 1 aliphatic heterocycles. The molecule has 1 atom stereocenters. The average molecular weight is 302 g/mol. The lowest BCUT2D eigenvalue weighted by Gasteiger charge is -2.24. The highest BCUT2D eigenvalue weighted by atomic mass is 16.5. The third kappa shape index (κ3) is 3.05. The van der Waals surface area contributed by atoms with E-state index in [1.54, 1.807) is 0 Å². The van der Waals surface area contributed by atoms with Gasteiger partial charge in [0.15, 0.2) is 0 Å². The van der Waals surface area contributed by atoms with Crippen LogP contribution in [0.3, 0.4) is 0 Å². The highest BCUT2D eigenvalue weighted by molar-refractivity contribution is 5.76. The molecule has 0 fully saturated rings. The molecule has 6 heteroatoms. The van der Waals surface area contributed by atoms with Gasteiger partial charge in [-0.25, -0.2) is 4.98 Å². The van der Waals surface area contributed by atoms with Crippen molar-refractivity contribution in [3.63, 3.8) is 0 Å². The summed E-state index contributed by atoms with van der Waals surface area (Å²) in [6, 6.07) is 0.193. The number of carbonyl (C=O) groups is 1. The molecular weight excluding hydrogens is 280 g/mol. The molecule has 0 saturated heterocycles. The predicted octanol–water partition coefficient (Wildman–Crippen LogP) is 1.86. The largest absolute Gasteiger partial charge is 0.361 e. The molecule has 0 aliphatic carbocycles. The molecule has 0 spiro atoms. The van der Waals surface area contributed by atoms with E-state index in [2.05, 4.69) is 26.2 Å². The van der Waals surface area contributed by atoms with Gasteiger partial charge in [0.05, 0.1) is 11.4 Å². The standard InChI is InChI=1S/C16H22N4O2/c1-10-8-20-9-13(4-6-15(20)17-10)18-16(21)7-5-14-11(2)19-22-12(14)3/h8,13H,4-7,9H2,1-3H3,(H,18,21)/t13-/m1/s1. The maximum atomic E-state index is 12.2. The fraction of sp³-hybridized carbons (Fsp3) is 0.562. The number of nitrogens with one attached hydrogen (secondary N) is 1. The summed E-state index contributed by atoms with van der Waals surface area (Å²) in [5, 5.41) is 7.05. The van der Waals surface area contributed by atoms with Crippen LogP contribution in [0, 0.1) is 20.8 Å². The second-order valence-electron chi connectivity index (χ2n) is 6.06. The Hall–Kier alpha value is -2.11. The summed E-state index contributed by atoms with van der Waals surface area (Å²) >= 11 is 0. The molecular formula is C16H22N4O2. The third-order valence-corrected chi connectivity index (χ3v) is 4.26. The zero-order chi connectivity index (χ0) is 15.7. The van der Waals surface area contributed by atoms with Gasteiger partial charge in [-0.05, 0) is 33.6 Å². The molecule has 1 aliphatic rings. The first-order chi connectivity index (χ1) is 10.5. The van der Waals surface area contributed by atoms with Crippen LogP contribution in [-0.2, 0) is 24.2 Å². The van der Waals surface area contributed by atoms with Gasteiger partial charge in [0, 0.05) is 37.2 Å². The summed E-state index contributed by atoms with van der Waals surface area (Å²) < 4.78 is 7.28. The lowest BCUT2D eigenvalue weighted by atomic mass is 10.1. The van der Waals surface area contributed by atoms with E-state index in [1.165, 1.54) is 0 Å². The molecule has 3 heterocycles. The van der Waals surface area contributed by atoms with Gasteiger partial charge in [0.1, 0.15) is 11.6 Å². The van der Waals surface area contributed by atoms with Crippen molar-refractivity contribution in [2.24, 2.45) is 0 Å². The minimum Gasteiger partial charge on any atom is -0.361 e. The molecule has 3 rings (SSSR count). The number of hydrogen-bond donors (Lipinski definition) is 1. The molecule has 0 saturated carbocycles. The SMILES string of the molecule is Cc1cn2c(n1)CC[C@@H](NC(=O)CCc1c(C)noc1C)C2. The summed E-state index contributed by atoms with van der Waals surface area (Å²) in [4.78, 5) is 16.6. The monoisotopic (exact) mass is 302 g/mol. The number of imidazole rings is 1. The molecule has 1 N–H and O–H groups in total. The van der Waals surface area contributed by atoms with Crippen molar-refractivity contribution in [1.82, 2.24) is 20.0 Å². The van der Waals surface area contributed by atoms with Crippen molar-refractivity contribution in [2.45, 2.75) is 59.0 Å². The number of rotatable bonds is 4. The first-order valence-electron chi connectivity index (χ1n) is 7.76. The van der Waals surface area contributed by atoms with Crippen molar-refractivity contribution < 1.29 is 9.32 Å². The molecule has 6 nitrogen and oxygen atoms in total. The Morgan fingerprint density at radius 1 is 1.45 bits per heavy atom. The van der Waals surface area contributed by atoms with Crippen molar-refractivity contribution in [2.75, 3.05) is 0 Å². The molecule has 118 valence electrons. The third-order valence-electron chi connectivity index (χ3n) is 4.26. The maximum absolute atomic E-state index is 12.2. The second-order valence-corrected chi connectivity index (χ2v) is 6.06. The summed E-state index contributed by atoms with van der Waals surface area (Å²) in [7, 11) is 0. The van der Waals surface area contributed by atoms with Crippen molar-refractivity contribution in [3.8, 4) is 0 Å². The van der Waals surface area contributed by atoms with Crippen LogP contribution in [0.2, 0.25) is 0 Å². The normalized spacial score (nSPS) is 17.3. The van der Waals surface area contributed by atoms with E-state index in [0.29, 0.717) is 12.8 Å². The van der Waals surface area contributed by atoms with Gasteiger partial charge in [0.25, 0.3) is 0 Å². The van der Waals surface area contributed by atoms with Crippen molar-refractivity contribution in [1.29, 1.82) is 0 Å². The molecule has 0 radical (unpaired) electrons. The molecule has 22 heavy (non-hydrogen) atoms. The van der Waals surface area contributed by atoms with Crippen LogP contribution in [0.5, 0.6) is 0 Å². The lowest BCUT2D eigenvalue weighted by molar-refractivity contribution is -0.122. The first-order valence-corrected chi connectivity index (χ1v) is 7.76. The van der Waals surface area contributed by atoms with Crippen LogP contribution in [0.15, 0.2) is 10.7 Å². The number of nitrogens with zero attached hydrogens (tertiary/aromatic N) is 3. The Morgan fingerprint density at radius 2 is 2.27 bits per heavy atom. The van der Waals surface area contributed by atoms with Gasteiger partial charge in [-0.15, -0.1) is 0 Å². The minimum atomic E-state index is 0.0882. The van der Waals surface area contributed by atoms with E-state index in [9.17, 15) is 4.79 Å². The highest BCUT2D eigenvalue weighted by Crippen LogP contribution is 2.16. The van der Waals surface area contributed by atoms with E-state index < -0.39 is 0 Å². The van der Waals surface area contributed by atoms with Crippen LogP contribution in [0.1, 0.15) is 41.4 Å². The number of hydrogen-bond acceptors (Lipinski definition) is 4. The number of fused-ring (bicyclic) bond motifs is 1. The Kier molecular flexibility index (Phi) is 4.00. The zero-order valence-electron chi connectivity index (χ0n) is 13.3. The number of aromatic nitrogens is 3. The van der Waals surface area contributed by atoms with E-state index in [0.717, 1.165) is 47.9 Å². The Morgan fingerprint density at radius 3 is 3.00 bits per heavy atom. The first kappa shape index (κ1) is 14.8. The van der Waals surface area contributed by atoms with Crippen LogP contribution >= 0.6 is 0 Å². The summed E-state index contributed by atoms with van der Waals surface area (Å²) in [6.07, 6.45) is 5.07. The molecule has 0 aromatic carbocycles. The van der Waals surface area contributed by atoms with Gasteiger partial charge in [0.2, 0.25) is 5.91 Å². The Balaban J connectivity index is 1.52. The predicted molar refractivity (Wildman–Crippen MR) is 81.5 cm³/mol. The van der Waals surface area contributed by atoms with Crippen LogP contribution in [0.4, 0.5) is 0 Å². The minimum absolute atomic E-state index is 0.0882. The van der Waals surface area contributed by atoms with Gasteiger partial charge in [-0.1, -0.05) is 5.16 Å². The molecule has 0 unspecified atom stereocenters. The summed E-state index contributed by atoms with van der Waals surface area (Å²) in [5.74, 6) is 2.02. The molecule has 0 bridgehead atoms. The van der Waals surface area contributed by atoms with E-state index in [1.807, 2.05) is 20.8 Å². The lowest BCUT2D eigenvalue weighted by Crippen LogP contribution is -2.41. The Labute approximate surface area is 129 Å². The van der Waals surface area contributed by atoms with Gasteiger partial charge < -0.3 is 14.4 Å². The van der Waals surface area contributed by atoms with Gasteiger partial charge in [-0.3, -0.25) is 4.79 Å². The average Bonchev–Trinajstić information content (AvgIpc) is 2.98. The molecule has 2 aromatic heterocycles. The summed E-state index contributed by atoms with van der Waals surface area (Å²) in [6.45, 7) is 6.61. The number of amides is 1. The Bertz CT molecular complexity index is 667. The molecule has 2 aromatic rings. The fourth-order valence-electron chi connectivity index (χ4n) is 3.10. The van der Waals surface area contributed by atoms with Gasteiger partial charge in [-0.2, -0.15) is 0 Å². The zero-order valence-corrected chi connectivity index (χ0v) is 13.3. The molecule has 1 amide bonds. The quantitative estimate of drug-likeness (QED) is 0.935. The number of carbonyl (C=O) groups excluding carboxylic acids is 1. The highest BCUT2D eigenvalue weighted by Gasteiger charge is 2.21. The summed E-state index contributed by atoms with van der Waals surface area (Å²) in [5.41, 5.74) is 2.97. The van der Waals surface area contributed by atoms with Crippen molar-refractivity contribution >= 4 is 5.91 Å². The van der Waals surface area contributed by atoms with Gasteiger partial charge >= 0.3 is 0 Å². The van der Waals surface area contributed by atoms with Crippen LogP contribution in [-0.4, -0.2) is 26.7 Å². The maximum Gasteiger partial charge on any atom is 0.220 e.